The van der Waals surface area contributed by atoms with E-state index in [1.807, 2.05) is 17.0 Å². The number of carbonyl (C=O) groups excluding carboxylic acids is 1. The van der Waals surface area contributed by atoms with Crippen molar-refractivity contribution in [3.05, 3.63) is 52.3 Å². The third-order valence-electron chi connectivity index (χ3n) is 4.87. The highest BCUT2D eigenvalue weighted by Gasteiger charge is 2.22. The van der Waals surface area contributed by atoms with Crippen LogP contribution in [0.1, 0.15) is 32.4 Å². The van der Waals surface area contributed by atoms with Crippen LogP contribution in [-0.2, 0) is 11.2 Å². The van der Waals surface area contributed by atoms with Crippen LogP contribution in [-0.4, -0.2) is 46.6 Å². The van der Waals surface area contributed by atoms with Crippen molar-refractivity contribution < 1.29 is 13.9 Å². The van der Waals surface area contributed by atoms with Gasteiger partial charge in [-0.15, -0.1) is 0 Å². The first-order chi connectivity index (χ1) is 15.0. The number of alkyl halides is 1. The second-order valence-corrected chi connectivity index (χ2v) is 8.07. The van der Waals surface area contributed by atoms with E-state index in [9.17, 15) is 9.18 Å². The van der Waals surface area contributed by atoms with Gasteiger partial charge in [-0.2, -0.15) is 0 Å². The highest BCUT2D eigenvalue weighted by atomic mass is 35.5. The van der Waals surface area contributed by atoms with Crippen molar-refractivity contribution in [2.75, 3.05) is 26.4 Å². The summed E-state index contributed by atoms with van der Waals surface area (Å²) in [5, 5.41) is 0.874. The Labute approximate surface area is 191 Å². The van der Waals surface area contributed by atoms with Gasteiger partial charge in [0, 0.05) is 24.8 Å². The van der Waals surface area contributed by atoms with E-state index in [1.165, 1.54) is 0 Å². The molecule has 0 N–H and O–H groups in total. The minimum atomic E-state index is -0.550. The summed E-state index contributed by atoms with van der Waals surface area (Å²) >= 11 is 12.6. The molecule has 0 saturated carbocycles. The molecule has 5 nitrogen and oxygen atoms in total. The first kappa shape index (κ1) is 23.4. The molecule has 0 aliphatic heterocycles. The van der Waals surface area contributed by atoms with Gasteiger partial charge in [-0.3, -0.25) is 4.79 Å². The molecule has 2 aromatic heterocycles. The molecule has 166 valence electrons. The molecule has 2 heterocycles. The van der Waals surface area contributed by atoms with Crippen LogP contribution in [0.15, 0.2) is 36.5 Å². The van der Waals surface area contributed by atoms with E-state index in [-0.39, 0.29) is 18.9 Å². The molecule has 0 bridgehead atoms. The number of carbonyl (C=O) groups is 1. The molecule has 0 atom stereocenters. The van der Waals surface area contributed by atoms with Gasteiger partial charge in [0.05, 0.1) is 27.9 Å². The second-order valence-electron chi connectivity index (χ2n) is 7.23. The Balaban J connectivity index is 2.04. The molecule has 3 rings (SSSR count). The van der Waals surface area contributed by atoms with E-state index >= 15 is 0 Å². The molecule has 0 aliphatic carbocycles. The van der Waals surface area contributed by atoms with Crippen LogP contribution >= 0.6 is 23.2 Å². The zero-order valence-electron chi connectivity index (χ0n) is 17.7. The third kappa shape index (κ3) is 5.49. The molecule has 8 heteroatoms. The summed E-state index contributed by atoms with van der Waals surface area (Å²) in [6.45, 7) is 4.99. The summed E-state index contributed by atoms with van der Waals surface area (Å²) in [5.41, 5.74) is 2.73. The standard InChI is InChI=1S/C23H26Cl2FN3O2/c1-3-10-28(11-4-2)21(30)14-20-22(16-5-7-18(8-6-16)31-12-9-26)27-23-19(25)13-17(24)15-29(20)23/h5-8,13,15H,3-4,9-12,14H2,1-2H3/i26-1. The maximum Gasteiger partial charge on any atom is 0.228 e. The molecule has 0 radical (unpaired) electrons. The molecule has 1 amide bonds. The van der Waals surface area contributed by atoms with Crippen molar-refractivity contribution in [3.63, 3.8) is 0 Å². The molecule has 0 saturated heterocycles. The average molecular weight is 465 g/mol. The van der Waals surface area contributed by atoms with Gasteiger partial charge in [0.2, 0.25) is 5.91 Å². The number of hydrogen-bond donors (Lipinski definition) is 0. The lowest BCUT2D eigenvalue weighted by Crippen LogP contribution is -2.34. The van der Waals surface area contributed by atoms with Gasteiger partial charge in [-0.05, 0) is 43.2 Å². The maximum absolute atomic E-state index is 13.1. The molecule has 0 spiro atoms. The van der Waals surface area contributed by atoms with Gasteiger partial charge in [0.15, 0.2) is 5.65 Å². The van der Waals surface area contributed by atoms with Crippen molar-refractivity contribution in [1.82, 2.24) is 14.3 Å². The summed E-state index contributed by atoms with van der Waals surface area (Å²) in [5.74, 6) is 0.603. The summed E-state index contributed by atoms with van der Waals surface area (Å²) in [7, 11) is 0. The second kappa shape index (κ2) is 10.8. The Hall–Kier alpha value is -2.31. The van der Waals surface area contributed by atoms with E-state index < -0.39 is 6.67 Å². The van der Waals surface area contributed by atoms with E-state index in [2.05, 4.69) is 13.8 Å². The van der Waals surface area contributed by atoms with Crippen LogP contribution in [0.5, 0.6) is 5.75 Å². The largest absolute Gasteiger partial charge is 0.491 e. The summed E-state index contributed by atoms with van der Waals surface area (Å²) in [6.07, 6.45) is 3.69. The number of ether oxygens (including phenoxy) is 1. The monoisotopic (exact) mass is 464 g/mol. The van der Waals surface area contributed by atoms with Gasteiger partial charge in [0.25, 0.3) is 0 Å². The lowest BCUT2D eigenvalue weighted by molar-refractivity contribution is -0.130. The van der Waals surface area contributed by atoms with E-state index in [0.717, 1.165) is 24.1 Å². The number of amides is 1. The van der Waals surface area contributed by atoms with Gasteiger partial charge in [-0.25, -0.2) is 9.37 Å². The Kier molecular flexibility index (Phi) is 8.15. The van der Waals surface area contributed by atoms with Crippen LogP contribution in [0, 0.1) is 0 Å². The predicted molar refractivity (Wildman–Crippen MR) is 123 cm³/mol. The Morgan fingerprint density at radius 1 is 1.16 bits per heavy atom. The van der Waals surface area contributed by atoms with E-state index in [1.54, 1.807) is 28.8 Å². The van der Waals surface area contributed by atoms with Crippen molar-refractivity contribution >= 4 is 34.8 Å². The van der Waals surface area contributed by atoms with Gasteiger partial charge < -0.3 is 14.0 Å². The third-order valence-corrected chi connectivity index (χ3v) is 5.36. The predicted octanol–water partition coefficient (Wildman–Crippen LogP) is 5.85. The SMILES string of the molecule is CCCN(CCC)C(=O)Cc1c(-c2ccc(OCC[18F])cc2)nc2c(Cl)cc(Cl)cn12. The number of imidazole rings is 1. The smallest absolute Gasteiger partial charge is 0.228 e. The highest BCUT2D eigenvalue weighted by Crippen LogP contribution is 2.31. The number of fused-ring (bicyclic) bond motifs is 1. The quantitative estimate of drug-likeness (QED) is 0.378. The number of pyridine rings is 1. The number of halogens is 3. The molecular formula is C23H26Cl2FN3O2. The Bertz CT molecular complexity index is 1030. The van der Waals surface area contributed by atoms with Crippen LogP contribution in [0.3, 0.4) is 0 Å². The van der Waals surface area contributed by atoms with E-state index in [0.29, 0.717) is 40.2 Å². The minimum absolute atomic E-state index is 0.00621. The van der Waals surface area contributed by atoms with E-state index in [4.69, 9.17) is 32.9 Å². The van der Waals surface area contributed by atoms with Crippen molar-refractivity contribution in [1.29, 1.82) is 0 Å². The highest BCUT2D eigenvalue weighted by molar-refractivity contribution is 6.36. The fraction of sp³-hybridized carbons (Fsp3) is 0.391. The first-order valence-corrected chi connectivity index (χ1v) is 11.2. The normalized spacial score (nSPS) is 11.1. The number of aromatic nitrogens is 2. The first-order valence-electron chi connectivity index (χ1n) is 10.4. The fourth-order valence-corrected chi connectivity index (χ4v) is 4.05. The van der Waals surface area contributed by atoms with Crippen LogP contribution in [0.2, 0.25) is 10.0 Å². The Morgan fingerprint density at radius 3 is 2.45 bits per heavy atom. The van der Waals surface area contributed by atoms with Gasteiger partial charge >= 0.3 is 0 Å². The molecule has 0 unspecified atom stereocenters. The number of benzene rings is 1. The summed E-state index contributed by atoms with van der Waals surface area (Å²) < 4.78 is 19.5. The van der Waals surface area contributed by atoms with Crippen LogP contribution < -0.4 is 4.74 Å². The lowest BCUT2D eigenvalue weighted by Gasteiger charge is -2.21. The maximum atomic E-state index is 13.1. The lowest BCUT2D eigenvalue weighted by atomic mass is 10.1. The van der Waals surface area contributed by atoms with Crippen LogP contribution in [0.4, 0.5) is 4.39 Å². The van der Waals surface area contributed by atoms with Crippen molar-refractivity contribution in [2.45, 2.75) is 33.1 Å². The van der Waals surface area contributed by atoms with Gasteiger partial charge in [0.1, 0.15) is 19.0 Å². The number of rotatable bonds is 10. The molecule has 0 fully saturated rings. The number of nitrogens with zero attached hydrogens (tertiary/aromatic N) is 3. The number of hydrogen-bond acceptors (Lipinski definition) is 3. The molecule has 1 aromatic carbocycles. The average Bonchev–Trinajstić information content (AvgIpc) is 3.11. The summed E-state index contributed by atoms with van der Waals surface area (Å²) in [6, 6.07) is 8.84. The molecule has 31 heavy (non-hydrogen) atoms. The van der Waals surface area contributed by atoms with Gasteiger partial charge in [-0.1, -0.05) is 37.0 Å². The molecule has 0 aliphatic rings. The topological polar surface area (TPSA) is 46.8 Å². The molecular weight excluding hydrogens is 439 g/mol. The van der Waals surface area contributed by atoms with Crippen molar-refractivity contribution in [2.24, 2.45) is 0 Å². The Morgan fingerprint density at radius 2 is 1.84 bits per heavy atom. The zero-order chi connectivity index (χ0) is 22.4. The zero-order valence-corrected chi connectivity index (χ0v) is 19.2. The minimum Gasteiger partial charge on any atom is -0.491 e. The van der Waals surface area contributed by atoms with Crippen molar-refractivity contribution in [3.8, 4) is 17.0 Å². The fourth-order valence-electron chi connectivity index (χ4n) is 3.54. The summed E-state index contributed by atoms with van der Waals surface area (Å²) in [4.78, 5) is 19.7. The van der Waals surface area contributed by atoms with Crippen LogP contribution in [0.25, 0.3) is 16.9 Å². The molecule has 3 aromatic rings.